The molecule has 0 aliphatic carbocycles. The van der Waals surface area contributed by atoms with Gasteiger partial charge in [0.25, 0.3) is 0 Å². The third-order valence-corrected chi connectivity index (χ3v) is 1.72. The Bertz CT molecular complexity index is 325. The fourth-order valence-corrected chi connectivity index (χ4v) is 0.960. The molecule has 0 aliphatic rings. The summed E-state index contributed by atoms with van der Waals surface area (Å²) in [6.45, 7) is 0. The van der Waals surface area contributed by atoms with Crippen molar-refractivity contribution in [3.63, 3.8) is 0 Å². The number of benzene rings is 1. The molecule has 0 aliphatic heterocycles. The molecule has 1 aromatic carbocycles. The highest BCUT2D eigenvalue weighted by Gasteiger charge is 1.94. The Hall–Kier alpha value is -1.77. The van der Waals surface area contributed by atoms with Crippen LogP contribution in [0, 0.1) is 0 Å². The zero-order valence-corrected chi connectivity index (χ0v) is 7.93. The van der Waals surface area contributed by atoms with Gasteiger partial charge in [-0.1, -0.05) is 24.3 Å². The maximum absolute atomic E-state index is 10.7. The minimum absolute atomic E-state index is 0.232. The van der Waals surface area contributed by atoms with Crippen LogP contribution in [0.2, 0.25) is 0 Å². The molecule has 0 radical (unpaired) electrons. The number of carbonyl (C=O) groups is 1. The minimum atomic E-state index is -0.264. The summed E-state index contributed by atoms with van der Waals surface area (Å²) in [6, 6.07) is 6.72. The average Bonchev–Trinajstić information content (AvgIpc) is 2.21. The van der Waals surface area contributed by atoms with Gasteiger partial charge in [-0.25, -0.2) is 0 Å². The van der Waals surface area contributed by atoms with Crippen molar-refractivity contribution in [3.05, 3.63) is 35.9 Å². The summed E-state index contributed by atoms with van der Waals surface area (Å²) in [5.74, 6) is -0.0323. The van der Waals surface area contributed by atoms with E-state index in [1.54, 1.807) is 36.4 Å². The van der Waals surface area contributed by atoms with Crippen LogP contribution in [-0.4, -0.2) is 18.2 Å². The van der Waals surface area contributed by atoms with Crippen LogP contribution in [0.3, 0.4) is 0 Å². The van der Waals surface area contributed by atoms with E-state index in [2.05, 4.69) is 4.74 Å². The number of ether oxygens (including phenoxy) is 1. The van der Waals surface area contributed by atoms with E-state index < -0.39 is 0 Å². The molecule has 0 saturated carbocycles. The van der Waals surface area contributed by atoms with E-state index in [-0.39, 0.29) is 18.1 Å². The first-order valence-corrected chi connectivity index (χ1v) is 4.25. The summed E-state index contributed by atoms with van der Waals surface area (Å²) >= 11 is 0. The molecule has 0 heterocycles. The average molecular weight is 192 g/mol. The van der Waals surface area contributed by atoms with Gasteiger partial charge < -0.3 is 9.84 Å². The maximum Gasteiger partial charge on any atom is 0.309 e. The van der Waals surface area contributed by atoms with Crippen molar-refractivity contribution in [2.45, 2.75) is 6.42 Å². The van der Waals surface area contributed by atoms with Crippen LogP contribution >= 0.6 is 0 Å². The zero-order chi connectivity index (χ0) is 10.4. The first-order chi connectivity index (χ1) is 6.72. The van der Waals surface area contributed by atoms with Crippen LogP contribution in [0.1, 0.15) is 12.0 Å². The second-order valence-corrected chi connectivity index (χ2v) is 2.77. The summed E-state index contributed by atoms with van der Waals surface area (Å²) in [7, 11) is 1.36. The van der Waals surface area contributed by atoms with Crippen LogP contribution in [0.15, 0.2) is 30.3 Å². The predicted molar refractivity (Wildman–Crippen MR) is 53.8 cm³/mol. The Morgan fingerprint density at radius 3 is 2.64 bits per heavy atom. The molecule has 0 aromatic heterocycles. The van der Waals surface area contributed by atoms with E-state index in [4.69, 9.17) is 5.11 Å². The lowest BCUT2D eigenvalue weighted by Crippen LogP contribution is -1.96. The lowest BCUT2D eigenvalue weighted by molar-refractivity contribution is -0.139. The molecule has 1 rings (SSSR count). The van der Waals surface area contributed by atoms with E-state index in [0.717, 1.165) is 5.56 Å². The number of rotatable bonds is 3. The highest BCUT2D eigenvalue weighted by molar-refractivity contribution is 5.72. The van der Waals surface area contributed by atoms with Gasteiger partial charge >= 0.3 is 5.97 Å². The van der Waals surface area contributed by atoms with Gasteiger partial charge in [-0.15, -0.1) is 0 Å². The molecule has 0 bridgehead atoms. The number of aromatic hydroxyl groups is 1. The standard InChI is InChI=1S/C11H12O3/c1-14-11(13)4-2-3-9-5-7-10(12)8-6-9/h2-3,5-8,12H,4H2,1H3/b3-2-. The van der Waals surface area contributed by atoms with Crippen molar-refractivity contribution in [1.82, 2.24) is 0 Å². The molecular weight excluding hydrogens is 180 g/mol. The second-order valence-electron chi connectivity index (χ2n) is 2.77. The van der Waals surface area contributed by atoms with E-state index in [0.29, 0.717) is 0 Å². The Balaban J connectivity index is 2.52. The molecule has 0 amide bonds. The van der Waals surface area contributed by atoms with Crippen molar-refractivity contribution in [3.8, 4) is 5.75 Å². The van der Waals surface area contributed by atoms with Crippen LogP contribution in [0.4, 0.5) is 0 Å². The molecule has 0 atom stereocenters. The summed E-state index contributed by atoms with van der Waals surface area (Å²) in [5, 5.41) is 9.01. The van der Waals surface area contributed by atoms with E-state index in [1.807, 2.05) is 0 Å². The molecule has 0 spiro atoms. The van der Waals surface area contributed by atoms with Gasteiger partial charge in [-0.3, -0.25) is 4.79 Å². The van der Waals surface area contributed by atoms with Crippen molar-refractivity contribution in [2.24, 2.45) is 0 Å². The number of carbonyl (C=O) groups excluding carboxylic acids is 1. The van der Waals surface area contributed by atoms with Crippen LogP contribution in [0.25, 0.3) is 6.08 Å². The van der Waals surface area contributed by atoms with Gasteiger partial charge in [-0.05, 0) is 17.7 Å². The fraction of sp³-hybridized carbons (Fsp3) is 0.182. The van der Waals surface area contributed by atoms with E-state index in [9.17, 15) is 4.79 Å². The Morgan fingerprint density at radius 1 is 1.43 bits per heavy atom. The first-order valence-electron chi connectivity index (χ1n) is 4.25. The summed E-state index contributed by atoms with van der Waals surface area (Å²) in [4.78, 5) is 10.7. The molecule has 0 fully saturated rings. The topological polar surface area (TPSA) is 46.5 Å². The van der Waals surface area contributed by atoms with Crippen LogP contribution < -0.4 is 0 Å². The molecule has 14 heavy (non-hydrogen) atoms. The van der Waals surface area contributed by atoms with Gasteiger partial charge in [0.15, 0.2) is 0 Å². The lowest BCUT2D eigenvalue weighted by Gasteiger charge is -1.94. The maximum atomic E-state index is 10.7. The number of hydrogen-bond donors (Lipinski definition) is 1. The number of esters is 1. The highest BCUT2D eigenvalue weighted by Crippen LogP contribution is 2.10. The fourth-order valence-electron chi connectivity index (χ4n) is 0.960. The molecule has 3 nitrogen and oxygen atoms in total. The Morgan fingerprint density at radius 2 is 2.07 bits per heavy atom. The number of phenols is 1. The number of phenolic OH excluding ortho intramolecular Hbond substituents is 1. The first kappa shape index (κ1) is 10.3. The van der Waals surface area contributed by atoms with Gasteiger partial charge in [0.05, 0.1) is 13.5 Å². The minimum Gasteiger partial charge on any atom is -0.508 e. The molecule has 0 unspecified atom stereocenters. The lowest BCUT2D eigenvalue weighted by atomic mass is 10.2. The van der Waals surface area contributed by atoms with Crippen molar-refractivity contribution in [1.29, 1.82) is 0 Å². The Labute approximate surface area is 82.6 Å². The Kier molecular flexibility index (Phi) is 3.73. The molecule has 1 aromatic rings. The molecule has 3 heteroatoms. The summed E-state index contributed by atoms with van der Waals surface area (Å²) < 4.78 is 4.48. The molecule has 0 saturated heterocycles. The van der Waals surface area contributed by atoms with Crippen molar-refractivity contribution in [2.75, 3.05) is 7.11 Å². The molecule has 74 valence electrons. The third kappa shape index (κ3) is 3.31. The number of methoxy groups -OCH3 is 1. The second kappa shape index (κ2) is 5.07. The summed E-state index contributed by atoms with van der Waals surface area (Å²) in [5.41, 5.74) is 0.937. The van der Waals surface area contributed by atoms with E-state index in [1.165, 1.54) is 7.11 Å². The van der Waals surface area contributed by atoms with Crippen molar-refractivity contribution >= 4 is 12.0 Å². The van der Waals surface area contributed by atoms with Gasteiger partial charge in [0.2, 0.25) is 0 Å². The highest BCUT2D eigenvalue weighted by atomic mass is 16.5. The monoisotopic (exact) mass is 192 g/mol. The molecule has 1 N–H and O–H groups in total. The van der Waals surface area contributed by atoms with Crippen LogP contribution in [-0.2, 0) is 9.53 Å². The van der Waals surface area contributed by atoms with Gasteiger partial charge in [0, 0.05) is 0 Å². The van der Waals surface area contributed by atoms with Gasteiger partial charge in [0.1, 0.15) is 5.75 Å². The zero-order valence-electron chi connectivity index (χ0n) is 7.93. The van der Waals surface area contributed by atoms with E-state index >= 15 is 0 Å². The normalized spacial score (nSPS) is 10.4. The smallest absolute Gasteiger partial charge is 0.309 e. The molecular formula is C11H12O3. The largest absolute Gasteiger partial charge is 0.508 e. The predicted octanol–water partition coefficient (Wildman–Crippen LogP) is 1.97. The SMILES string of the molecule is COC(=O)C/C=C\c1ccc(O)cc1. The third-order valence-electron chi connectivity index (χ3n) is 1.72. The number of hydrogen-bond acceptors (Lipinski definition) is 3. The quantitative estimate of drug-likeness (QED) is 0.745. The van der Waals surface area contributed by atoms with Crippen LogP contribution in [0.5, 0.6) is 5.75 Å². The van der Waals surface area contributed by atoms with Crippen molar-refractivity contribution < 1.29 is 14.6 Å². The van der Waals surface area contributed by atoms with Gasteiger partial charge in [-0.2, -0.15) is 0 Å². The summed E-state index contributed by atoms with van der Waals surface area (Å²) in [6.07, 6.45) is 3.78.